The van der Waals surface area contributed by atoms with Gasteiger partial charge in [-0.05, 0) is 44.9 Å². The van der Waals surface area contributed by atoms with Gasteiger partial charge in [-0.1, -0.05) is 12.1 Å². The van der Waals surface area contributed by atoms with Crippen LogP contribution in [0.15, 0.2) is 29.3 Å². The minimum Gasteiger partial charge on any atom is -0.357 e. The SMILES string of the molecule is CCNC(=NCCc1cccc(C(=O)N(C)C)c1)N1CCS(=O)(=O)C(C)(C)C1.I. The molecule has 0 spiro atoms. The summed E-state index contributed by atoms with van der Waals surface area (Å²) >= 11 is 0. The molecule has 0 unspecified atom stereocenters. The van der Waals surface area contributed by atoms with E-state index in [1.165, 1.54) is 0 Å². The Morgan fingerprint density at radius 1 is 1.31 bits per heavy atom. The van der Waals surface area contributed by atoms with Crippen molar-refractivity contribution in [2.75, 3.05) is 46.0 Å². The highest BCUT2D eigenvalue weighted by atomic mass is 127. The van der Waals surface area contributed by atoms with Crippen LogP contribution in [0.3, 0.4) is 0 Å². The molecule has 1 heterocycles. The Kier molecular flexibility index (Phi) is 9.39. The Balaban J connectivity index is 0.00000420. The molecule has 7 nitrogen and oxygen atoms in total. The van der Waals surface area contributed by atoms with E-state index < -0.39 is 14.6 Å². The summed E-state index contributed by atoms with van der Waals surface area (Å²) in [6.07, 6.45) is 0.707. The van der Waals surface area contributed by atoms with Crippen LogP contribution in [0.1, 0.15) is 36.7 Å². The Hall–Kier alpha value is -1.36. The first-order valence-electron chi connectivity index (χ1n) is 9.63. The first kappa shape index (κ1) is 25.7. The molecule has 0 bridgehead atoms. The lowest BCUT2D eigenvalue weighted by molar-refractivity contribution is 0.0827. The van der Waals surface area contributed by atoms with E-state index in [0.717, 1.165) is 18.1 Å². The van der Waals surface area contributed by atoms with Crippen LogP contribution in [-0.2, 0) is 16.3 Å². The van der Waals surface area contributed by atoms with E-state index in [0.29, 0.717) is 31.6 Å². The number of benzene rings is 1. The molecule has 0 radical (unpaired) electrons. The van der Waals surface area contributed by atoms with Crippen molar-refractivity contribution in [3.63, 3.8) is 0 Å². The summed E-state index contributed by atoms with van der Waals surface area (Å²) in [5, 5.41) is 3.27. The van der Waals surface area contributed by atoms with Crippen LogP contribution in [0, 0.1) is 0 Å². The fourth-order valence-corrected chi connectivity index (χ4v) is 4.53. The van der Waals surface area contributed by atoms with Crippen molar-refractivity contribution in [3.8, 4) is 0 Å². The van der Waals surface area contributed by atoms with Gasteiger partial charge in [-0.2, -0.15) is 0 Å². The zero-order chi connectivity index (χ0) is 20.9. The molecule has 1 saturated heterocycles. The topological polar surface area (TPSA) is 82.1 Å². The number of nitrogens with one attached hydrogen (secondary N) is 1. The van der Waals surface area contributed by atoms with E-state index in [2.05, 4.69) is 5.32 Å². The van der Waals surface area contributed by atoms with E-state index in [4.69, 9.17) is 4.99 Å². The van der Waals surface area contributed by atoms with E-state index >= 15 is 0 Å². The van der Waals surface area contributed by atoms with Gasteiger partial charge in [0.05, 0.1) is 10.5 Å². The lowest BCUT2D eigenvalue weighted by Gasteiger charge is -2.39. The number of sulfone groups is 1. The van der Waals surface area contributed by atoms with Crippen molar-refractivity contribution < 1.29 is 13.2 Å². The number of hydrogen-bond acceptors (Lipinski definition) is 4. The molecule has 0 saturated carbocycles. The Bertz CT molecular complexity index is 838. The van der Waals surface area contributed by atoms with Gasteiger partial charge in [0, 0.05) is 45.8 Å². The number of nitrogens with zero attached hydrogens (tertiary/aromatic N) is 3. The Labute approximate surface area is 191 Å². The van der Waals surface area contributed by atoms with Crippen molar-refractivity contribution in [1.29, 1.82) is 0 Å². The molecule has 1 aliphatic rings. The van der Waals surface area contributed by atoms with Crippen molar-refractivity contribution in [3.05, 3.63) is 35.4 Å². The second-order valence-electron chi connectivity index (χ2n) is 7.89. The van der Waals surface area contributed by atoms with Gasteiger partial charge >= 0.3 is 0 Å². The number of halogens is 1. The molecule has 1 aliphatic heterocycles. The number of aliphatic imine (C=N–C) groups is 1. The van der Waals surface area contributed by atoms with Gasteiger partial charge in [0.15, 0.2) is 15.8 Å². The normalized spacial score (nSPS) is 18.0. The highest BCUT2D eigenvalue weighted by Gasteiger charge is 2.40. The molecule has 2 rings (SSSR count). The van der Waals surface area contributed by atoms with Crippen LogP contribution in [0.4, 0.5) is 0 Å². The highest BCUT2D eigenvalue weighted by Crippen LogP contribution is 2.23. The largest absolute Gasteiger partial charge is 0.357 e. The van der Waals surface area contributed by atoms with Gasteiger partial charge < -0.3 is 15.1 Å². The summed E-state index contributed by atoms with van der Waals surface area (Å²) in [5.74, 6) is 0.862. The molecule has 0 aromatic heterocycles. The summed E-state index contributed by atoms with van der Waals surface area (Å²) < 4.78 is 23.7. The monoisotopic (exact) mass is 536 g/mol. The van der Waals surface area contributed by atoms with Gasteiger partial charge in [0.1, 0.15) is 0 Å². The molecule has 1 aromatic carbocycles. The molecule has 29 heavy (non-hydrogen) atoms. The third-order valence-corrected chi connectivity index (χ3v) is 7.45. The predicted molar refractivity (Wildman–Crippen MR) is 129 cm³/mol. The van der Waals surface area contributed by atoms with Crippen molar-refractivity contribution >= 4 is 45.7 Å². The lowest BCUT2D eigenvalue weighted by atomic mass is 10.1. The molecule has 1 fully saturated rings. The third kappa shape index (κ3) is 6.56. The van der Waals surface area contributed by atoms with Crippen molar-refractivity contribution in [2.45, 2.75) is 31.9 Å². The van der Waals surface area contributed by atoms with Crippen LogP contribution < -0.4 is 5.32 Å². The summed E-state index contributed by atoms with van der Waals surface area (Å²) in [6, 6.07) is 7.60. The minimum absolute atomic E-state index is 0. The standard InChI is InChI=1S/C20H32N4O3S.HI/c1-6-21-19(24-12-13-28(26,27)20(2,3)15-24)22-11-10-16-8-7-9-17(14-16)18(25)23(4)5;/h7-9,14H,6,10-13,15H2,1-5H3,(H,21,22);1H. The van der Waals surface area contributed by atoms with Crippen LogP contribution in [0.2, 0.25) is 0 Å². The van der Waals surface area contributed by atoms with E-state index in [1.54, 1.807) is 32.8 Å². The average Bonchev–Trinajstić information content (AvgIpc) is 2.63. The number of amides is 1. The summed E-state index contributed by atoms with van der Waals surface area (Å²) in [7, 11) is 0.391. The number of hydrogen-bond donors (Lipinski definition) is 1. The number of guanidine groups is 1. The first-order chi connectivity index (χ1) is 13.1. The van der Waals surface area contributed by atoms with E-state index in [1.807, 2.05) is 36.1 Å². The molecular weight excluding hydrogens is 503 g/mol. The summed E-state index contributed by atoms with van der Waals surface area (Å²) in [6.45, 7) is 7.69. The summed E-state index contributed by atoms with van der Waals surface area (Å²) in [4.78, 5) is 20.4. The van der Waals surface area contributed by atoms with Crippen molar-refractivity contribution in [1.82, 2.24) is 15.1 Å². The molecule has 0 aliphatic carbocycles. The van der Waals surface area contributed by atoms with Gasteiger partial charge in [0.25, 0.3) is 5.91 Å². The first-order valence-corrected chi connectivity index (χ1v) is 11.3. The smallest absolute Gasteiger partial charge is 0.253 e. The molecule has 1 N–H and O–H groups in total. The fraction of sp³-hybridized carbons (Fsp3) is 0.600. The lowest BCUT2D eigenvalue weighted by Crippen LogP contribution is -2.57. The molecule has 1 amide bonds. The number of rotatable bonds is 5. The Morgan fingerprint density at radius 3 is 2.59 bits per heavy atom. The second kappa shape index (κ2) is 10.6. The third-order valence-electron chi connectivity index (χ3n) is 4.92. The van der Waals surface area contributed by atoms with Gasteiger partial charge in [0.2, 0.25) is 0 Å². The van der Waals surface area contributed by atoms with Gasteiger partial charge in [-0.3, -0.25) is 9.79 Å². The maximum absolute atomic E-state index is 12.2. The predicted octanol–water partition coefficient (Wildman–Crippen LogP) is 2.02. The fourth-order valence-electron chi connectivity index (χ4n) is 3.16. The van der Waals surface area contributed by atoms with Crippen LogP contribution >= 0.6 is 24.0 Å². The van der Waals surface area contributed by atoms with Crippen LogP contribution in [0.5, 0.6) is 0 Å². The zero-order valence-electron chi connectivity index (χ0n) is 17.9. The average molecular weight is 536 g/mol. The molecule has 1 aromatic rings. The van der Waals surface area contributed by atoms with Crippen LogP contribution in [0.25, 0.3) is 0 Å². The van der Waals surface area contributed by atoms with Crippen molar-refractivity contribution in [2.24, 2.45) is 4.99 Å². The van der Waals surface area contributed by atoms with Gasteiger partial charge in [-0.15, -0.1) is 24.0 Å². The Morgan fingerprint density at radius 2 is 2.00 bits per heavy atom. The maximum atomic E-state index is 12.2. The number of carbonyl (C=O) groups is 1. The number of carbonyl (C=O) groups excluding carboxylic acids is 1. The molecule has 9 heteroatoms. The molecular formula is C20H33IN4O3S. The molecule has 164 valence electrons. The van der Waals surface area contributed by atoms with Crippen LogP contribution in [-0.4, -0.2) is 80.9 Å². The molecule has 0 atom stereocenters. The zero-order valence-corrected chi connectivity index (χ0v) is 21.1. The second-order valence-corrected chi connectivity index (χ2v) is 10.6. The summed E-state index contributed by atoms with van der Waals surface area (Å²) in [5.41, 5.74) is 1.72. The van der Waals surface area contributed by atoms with Gasteiger partial charge in [-0.25, -0.2) is 8.42 Å². The quantitative estimate of drug-likeness (QED) is 0.354. The van der Waals surface area contributed by atoms with E-state index in [-0.39, 0.29) is 35.6 Å². The maximum Gasteiger partial charge on any atom is 0.253 e. The van der Waals surface area contributed by atoms with E-state index in [9.17, 15) is 13.2 Å². The highest BCUT2D eigenvalue weighted by molar-refractivity contribution is 14.0. The minimum atomic E-state index is -3.09.